The molecule has 0 bridgehead atoms. The quantitative estimate of drug-likeness (QED) is 0.799. The Kier molecular flexibility index (Phi) is 2.72. The summed E-state index contributed by atoms with van der Waals surface area (Å²) in [5, 5.41) is 14.2. The molecular formula is C8H10N2O4S2. The Morgan fingerprint density at radius 1 is 1.62 bits per heavy atom. The van der Waals surface area contributed by atoms with Crippen molar-refractivity contribution in [2.75, 3.05) is 0 Å². The summed E-state index contributed by atoms with van der Waals surface area (Å²) < 4.78 is 21.7. The van der Waals surface area contributed by atoms with Crippen LogP contribution in [0.5, 0.6) is 0 Å². The molecule has 0 aliphatic heterocycles. The van der Waals surface area contributed by atoms with Crippen molar-refractivity contribution in [2.45, 2.75) is 24.5 Å². The molecule has 6 nitrogen and oxygen atoms in total. The molecule has 1 aliphatic carbocycles. The SMILES string of the molecule is NS(=O)(=O)Cc1nc2c(s1)CCC2C(=O)O. The zero-order chi connectivity index (χ0) is 11.9. The number of fused-ring (bicyclic) bond motifs is 1. The van der Waals surface area contributed by atoms with Gasteiger partial charge < -0.3 is 5.11 Å². The average Bonchev–Trinajstić information content (AvgIpc) is 2.57. The highest BCUT2D eigenvalue weighted by Crippen LogP contribution is 2.36. The lowest BCUT2D eigenvalue weighted by Crippen LogP contribution is -2.15. The molecule has 1 aromatic heterocycles. The summed E-state index contributed by atoms with van der Waals surface area (Å²) in [6.07, 6.45) is 1.19. The summed E-state index contributed by atoms with van der Waals surface area (Å²) in [5.74, 6) is -1.83. The van der Waals surface area contributed by atoms with E-state index in [0.29, 0.717) is 23.5 Å². The highest BCUT2D eigenvalue weighted by Gasteiger charge is 2.32. The van der Waals surface area contributed by atoms with Gasteiger partial charge in [0.2, 0.25) is 10.0 Å². The first kappa shape index (κ1) is 11.5. The van der Waals surface area contributed by atoms with Crippen molar-refractivity contribution in [3.05, 3.63) is 15.6 Å². The fourth-order valence-corrected chi connectivity index (χ4v) is 3.83. The third kappa shape index (κ3) is 2.23. The van der Waals surface area contributed by atoms with E-state index in [1.54, 1.807) is 0 Å². The average molecular weight is 262 g/mol. The highest BCUT2D eigenvalue weighted by molar-refractivity contribution is 7.88. The minimum atomic E-state index is -3.60. The topological polar surface area (TPSA) is 110 Å². The van der Waals surface area contributed by atoms with Crippen LogP contribution in [0.15, 0.2) is 0 Å². The first-order chi connectivity index (χ1) is 7.37. The molecule has 1 heterocycles. The molecule has 0 radical (unpaired) electrons. The highest BCUT2D eigenvalue weighted by atomic mass is 32.2. The normalized spacial score (nSPS) is 19.7. The molecule has 0 saturated heterocycles. The van der Waals surface area contributed by atoms with Crippen LogP contribution in [0.25, 0.3) is 0 Å². The van der Waals surface area contributed by atoms with Crippen molar-refractivity contribution in [1.82, 2.24) is 4.98 Å². The van der Waals surface area contributed by atoms with Gasteiger partial charge in [-0.1, -0.05) is 0 Å². The first-order valence-electron chi connectivity index (χ1n) is 4.58. The van der Waals surface area contributed by atoms with Gasteiger partial charge in [-0.3, -0.25) is 4.79 Å². The van der Waals surface area contributed by atoms with E-state index in [4.69, 9.17) is 10.2 Å². The molecule has 88 valence electrons. The van der Waals surface area contributed by atoms with Gasteiger partial charge in [0.1, 0.15) is 16.7 Å². The number of hydrogen-bond acceptors (Lipinski definition) is 5. The second-order valence-electron chi connectivity index (χ2n) is 3.65. The third-order valence-corrected chi connectivity index (χ3v) is 4.37. The Hall–Kier alpha value is -0.990. The van der Waals surface area contributed by atoms with E-state index in [2.05, 4.69) is 4.98 Å². The van der Waals surface area contributed by atoms with Gasteiger partial charge in [0.05, 0.1) is 5.69 Å². The molecule has 1 atom stereocenters. The van der Waals surface area contributed by atoms with E-state index in [1.165, 1.54) is 11.3 Å². The number of nitrogens with zero attached hydrogens (tertiary/aromatic N) is 1. The van der Waals surface area contributed by atoms with Gasteiger partial charge in [0.15, 0.2) is 0 Å². The number of sulfonamides is 1. The third-order valence-electron chi connectivity index (χ3n) is 2.38. The van der Waals surface area contributed by atoms with Gasteiger partial charge in [-0.05, 0) is 12.8 Å². The van der Waals surface area contributed by atoms with E-state index in [-0.39, 0.29) is 5.75 Å². The second-order valence-corrected chi connectivity index (χ2v) is 6.44. The monoisotopic (exact) mass is 262 g/mol. The van der Waals surface area contributed by atoms with Crippen molar-refractivity contribution in [3.63, 3.8) is 0 Å². The van der Waals surface area contributed by atoms with Crippen LogP contribution in [0.2, 0.25) is 0 Å². The van der Waals surface area contributed by atoms with Crippen LogP contribution in [0.3, 0.4) is 0 Å². The molecule has 3 N–H and O–H groups in total. The predicted octanol–water partition coefficient (Wildman–Crippen LogP) is 0.0460. The minimum absolute atomic E-state index is 0.322. The number of hydrogen-bond donors (Lipinski definition) is 2. The van der Waals surface area contributed by atoms with E-state index in [1.807, 2.05) is 0 Å². The summed E-state index contributed by atoms with van der Waals surface area (Å²) in [5.41, 5.74) is 0.510. The van der Waals surface area contributed by atoms with Gasteiger partial charge in [0.25, 0.3) is 0 Å². The summed E-state index contributed by atoms with van der Waals surface area (Å²) in [6.45, 7) is 0. The molecule has 2 rings (SSSR count). The number of rotatable bonds is 3. The minimum Gasteiger partial charge on any atom is -0.481 e. The van der Waals surface area contributed by atoms with E-state index in [9.17, 15) is 13.2 Å². The second kappa shape index (κ2) is 3.79. The molecule has 8 heteroatoms. The Bertz CT molecular complexity index is 534. The molecule has 0 spiro atoms. The Labute approximate surface area is 96.2 Å². The maximum atomic E-state index is 10.9. The fraction of sp³-hybridized carbons (Fsp3) is 0.500. The molecule has 0 fully saturated rings. The van der Waals surface area contributed by atoms with Crippen molar-refractivity contribution in [3.8, 4) is 0 Å². The van der Waals surface area contributed by atoms with Crippen molar-refractivity contribution < 1.29 is 18.3 Å². The maximum Gasteiger partial charge on any atom is 0.312 e. The van der Waals surface area contributed by atoms with Gasteiger partial charge >= 0.3 is 5.97 Å². The largest absolute Gasteiger partial charge is 0.481 e. The zero-order valence-electron chi connectivity index (χ0n) is 8.21. The van der Waals surface area contributed by atoms with E-state index >= 15 is 0 Å². The maximum absolute atomic E-state index is 10.9. The van der Waals surface area contributed by atoms with Gasteiger partial charge in [-0.2, -0.15) is 0 Å². The Morgan fingerprint density at radius 3 is 2.88 bits per heavy atom. The number of nitrogens with two attached hydrogens (primary N) is 1. The van der Waals surface area contributed by atoms with Crippen LogP contribution in [-0.4, -0.2) is 24.5 Å². The molecular weight excluding hydrogens is 252 g/mol. The number of aryl methyl sites for hydroxylation is 1. The smallest absolute Gasteiger partial charge is 0.312 e. The van der Waals surface area contributed by atoms with Gasteiger partial charge in [-0.15, -0.1) is 11.3 Å². The van der Waals surface area contributed by atoms with Crippen molar-refractivity contribution in [2.24, 2.45) is 5.14 Å². The predicted molar refractivity (Wildman–Crippen MR) is 57.6 cm³/mol. The van der Waals surface area contributed by atoms with E-state index in [0.717, 1.165) is 4.88 Å². The van der Waals surface area contributed by atoms with Crippen LogP contribution < -0.4 is 5.14 Å². The Balaban J connectivity index is 2.29. The standard InChI is InChI=1S/C8H10N2O4S2/c9-16(13,14)3-6-10-7-4(8(11)12)1-2-5(7)15-6/h4H,1-3H2,(H,11,12)(H2,9,13,14). The van der Waals surface area contributed by atoms with Crippen LogP contribution in [-0.2, 0) is 27.0 Å². The van der Waals surface area contributed by atoms with Crippen LogP contribution in [0.1, 0.15) is 27.9 Å². The van der Waals surface area contributed by atoms with Gasteiger partial charge in [0, 0.05) is 4.88 Å². The number of carboxylic acids is 1. The van der Waals surface area contributed by atoms with Crippen LogP contribution >= 0.6 is 11.3 Å². The molecule has 1 unspecified atom stereocenters. The van der Waals surface area contributed by atoms with Crippen LogP contribution in [0, 0.1) is 0 Å². The molecule has 1 aromatic rings. The van der Waals surface area contributed by atoms with Crippen LogP contribution in [0.4, 0.5) is 0 Å². The first-order valence-corrected chi connectivity index (χ1v) is 7.12. The number of carbonyl (C=O) groups is 1. The molecule has 0 saturated carbocycles. The molecule has 1 aliphatic rings. The van der Waals surface area contributed by atoms with E-state index < -0.39 is 21.9 Å². The number of aromatic nitrogens is 1. The molecule has 0 amide bonds. The fourth-order valence-electron chi connectivity index (χ4n) is 1.75. The number of aliphatic carboxylic acids is 1. The van der Waals surface area contributed by atoms with Crippen molar-refractivity contribution >= 4 is 27.3 Å². The lowest BCUT2D eigenvalue weighted by molar-refractivity contribution is -0.138. The number of primary sulfonamides is 1. The summed E-state index contributed by atoms with van der Waals surface area (Å²) in [6, 6.07) is 0. The van der Waals surface area contributed by atoms with Gasteiger partial charge in [-0.25, -0.2) is 18.5 Å². The summed E-state index contributed by atoms with van der Waals surface area (Å²) in [7, 11) is -3.60. The summed E-state index contributed by atoms with van der Waals surface area (Å²) in [4.78, 5) is 15.8. The Morgan fingerprint density at radius 2 is 2.31 bits per heavy atom. The lowest BCUT2D eigenvalue weighted by Gasteiger charge is -2.00. The zero-order valence-corrected chi connectivity index (χ0v) is 9.84. The number of carboxylic acid groups (broad SMARTS) is 1. The molecule has 16 heavy (non-hydrogen) atoms. The summed E-state index contributed by atoms with van der Waals surface area (Å²) >= 11 is 1.24. The number of thiazole rings is 1. The molecule has 0 aromatic carbocycles. The lowest BCUT2D eigenvalue weighted by atomic mass is 10.1. The van der Waals surface area contributed by atoms with Crippen molar-refractivity contribution in [1.29, 1.82) is 0 Å².